The van der Waals surface area contributed by atoms with Gasteiger partial charge in [-0.25, -0.2) is 4.98 Å². The lowest BCUT2D eigenvalue weighted by Crippen LogP contribution is -1.97. The van der Waals surface area contributed by atoms with Crippen molar-refractivity contribution >= 4 is 17.3 Å². The largest absolute Gasteiger partial charge is 0.437 e. The summed E-state index contributed by atoms with van der Waals surface area (Å²) in [6.45, 7) is 2.10. The molecule has 2 N–H and O–H groups in total. The summed E-state index contributed by atoms with van der Waals surface area (Å²) in [6, 6.07) is 7.73. The summed E-state index contributed by atoms with van der Waals surface area (Å²) < 4.78 is 5.53. The number of anilines is 1. The highest BCUT2D eigenvalue weighted by atomic mass is 35.5. The summed E-state index contributed by atoms with van der Waals surface area (Å²) in [4.78, 5) is 7.69. The van der Waals surface area contributed by atoms with Crippen molar-refractivity contribution in [3.05, 3.63) is 41.3 Å². The first-order valence-electron chi connectivity index (χ1n) is 5.23. The number of hydrogen-bond acceptors (Lipinski definition) is 4. The van der Waals surface area contributed by atoms with Gasteiger partial charge in [0.05, 0.1) is 0 Å². The minimum atomic E-state index is 0.195. The number of aromatic nitrogens is 2. The minimum Gasteiger partial charge on any atom is -0.437 e. The van der Waals surface area contributed by atoms with Crippen molar-refractivity contribution in [3.8, 4) is 11.6 Å². The molecule has 0 bridgehead atoms. The molecular formula is C12H12ClN3O. The van der Waals surface area contributed by atoms with Gasteiger partial charge in [-0.1, -0.05) is 30.7 Å². The van der Waals surface area contributed by atoms with Crippen molar-refractivity contribution in [1.82, 2.24) is 9.97 Å². The fourth-order valence-electron chi connectivity index (χ4n) is 1.35. The van der Waals surface area contributed by atoms with Crippen molar-refractivity contribution in [2.45, 2.75) is 13.3 Å². The molecule has 1 aromatic heterocycles. The van der Waals surface area contributed by atoms with Crippen LogP contribution >= 0.6 is 11.6 Å². The van der Waals surface area contributed by atoms with Crippen LogP contribution in [0.2, 0.25) is 5.15 Å². The molecule has 0 saturated carbocycles. The van der Waals surface area contributed by atoms with Crippen molar-refractivity contribution in [3.63, 3.8) is 0 Å². The van der Waals surface area contributed by atoms with Gasteiger partial charge in [-0.15, -0.1) is 0 Å². The average molecular weight is 250 g/mol. The van der Waals surface area contributed by atoms with Crippen LogP contribution < -0.4 is 10.5 Å². The molecule has 4 nitrogen and oxygen atoms in total. The number of aryl methyl sites for hydroxylation is 1. The molecule has 5 heteroatoms. The van der Waals surface area contributed by atoms with Gasteiger partial charge in [0, 0.05) is 0 Å². The summed E-state index contributed by atoms with van der Waals surface area (Å²) in [6.07, 6.45) is 2.30. The Bertz CT molecular complexity index is 514. The molecule has 1 aromatic carbocycles. The Morgan fingerprint density at radius 2 is 1.94 bits per heavy atom. The number of benzene rings is 1. The van der Waals surface area contributed by atoms with Crippen LogP contribution in [0, 0.1) is 0 Å². The second-order valence-electron chi connectivity index (χ2n) is 3.48. The van der Waals surface area contributed by atoms with E-state index in [1.807, 2.05) is 24.3 Å². The van der Waals surface area contributed by atoms with Crippen molar-refractivity contribution in [2.24, 2.45) is 0 Å². The molecule has 0 amide bonds. The van der Waals surface area contributed by atoms with Crippen molar-refractivity contribution in [1.29, 1.82) is 0 Å². The summed E-state index contributed by atoms with van der Waals surface area (Å²) in [7, 11) is 0. The van der Waals surface area contributed by atoms with E-state index in [2.05, 4.69) is 16.9 Å². The summed E-state index contributed by atoms with van der Waals surface area (Å²) >= 11 is 5.77. The normalized spacial score (nSPS) is 10.2. The summed E-state index contributed by atoms with van der Waals surface area (Å²) in [5.41, 5.74) is 7.19. The number of rotatable bonds is 3. The van der Waals surface area contributed by atoms with E-state index >= 15 is 0 Å². The van der Waals surface area contributed by atoms with Gasteiger partial charge in [0.1, 0.15) is 17.8 Å². The zero-order chi connectivity index (χ0) is 12.3. The zero-order valence-electron chi connectivity index (χ0n) is 9.35. The molecule has 0 unspecified atom stereocenters. The lowest BCUT2D eigenvalue weighted by molar-refractivity contribution is 0.464. The Hall–Kier alpha value is -1.81. The van der Waals surface area contributed by atoms with Crippen LogP contribution in [0.5, 0.6) is 11.6 Å². The Labute approximate surface area is 104 Å². The highest BCUT2D eigenvalue weighted by molar-refractivity contribution is 6.32. The van der Waals surface area contributed by atoms with E-state index in [-0.39, 0.29) is 16.7 Å². The highest BCUT2D eigenvalue weighted by Gasteiger charge is 2.08. The molecule has 0 aliphatic heterocycles. The monoisotopic (exact) mass is 249 g/mol. The number of nitrogens with two attached hydrogens (primary N) is 1. The number of nitrogen functional groups attached to an aromatic ring is 1. The van der Waals surface area contributed by atoms with Gasteiger partial charge < -0.3 is 10.5 Å². The maximum absolute atomic E-state index is 5.77. The summed E-state index contributed by atoms with van der Waals surface area (Å²) in [5.74, 6) is 0.943. The number of hydrogen-bond donors (Lipinski definition) is 1. The van der Waals surface area contributed by atoms with E-state index in [1.165, 1.54) is 11.9 Å². The Kier molecular flexibility index (Phi) is 3.44. The molecule has 0 radical (unpaired) electrons. The molecule has 0 spiro atoms. The van der Waals surface area contributed by atoms with Crippen molar-refractivity contribution < 1.29 is 4.74 Å². The molecule has 0 saturated heterocycles. The van der Waals surface area contributed by atoms with Crippen LogP contribution in [0.15, 0.2) is 30.6 Å². The Morgan fingerprint density at radius 3 is 2.59 bits per heavy atom. The second kappa shape index (κ2) is 5.01. The quantitative estimate of drug-likeness (QED) is 0.850. The summed E-state index contributed by atoms with van der Waals surface area (Å²) in [5, 5.41) is 0.195. The molecule has 2 rings (SSSR count). The number of nitrogens with zero attached hydrogens (tertiary/aromatic N) is 2. The van der Waals surface area contributed by atoms with Gasteiger partial charge in [-0.3, -0.25) is 0 Å². The molecule has 88 valence electrons. The average Bonchev–Trinajstić information content (AvgIpc) is 2.36. The molecule has 0 atom stereocenters. The fraction of sp³-hybridized carbons (Fsp3) is 0.167. The molecule has 1 heterocycles. The molecule has 0 aliphatic rings. The molecule has 0 aliphatic carbocycles. The van der Waals surface area contributed by atoms with Gasteiger partial charge in [0.15, 0.2) is 5.15 Å². The molecule has 0 fully saturated rings. The maximum Gasteiger partial charge on any atom is 0.247 e. The lowest BCUT2D eigenvalue weighted by Gasteiger charge is -2.07. The molecule has 2 aromatic rings. The third kappa shape index (κ3) is 2.65. The Balaban J connectivity index is 2.22. The van der Waals surface area contributed by atoms with E-state index in [4.69, 9.17) is 22.1 Å². The number of ether oxygens (including phenoxy) is 1. The predicted octanol–water partition coefficient (Wildman–Crippen LogP) is 3.07. The van der Waals surface area contributed by atoms with Crippen LogP contribution in [-0.2, 0) is 6.42 Å². The smallest absolute Gasteiger partial charge is 0.247 e. The van der Waals surface area contributed by atoms with E-state index in [9.17, 15) is 0 Å². The van der Waals surface area contributed by atoms with Gasteiger partial charge in [-0.05, 0) is 24.1 Å². The van der Waals surface area contributed by atoms with Gasteiger partial charge in [0.25, 0.3) is 0 Å². The van der Waals surface area contributed by atoms with Crippen LogP contribution in [0.25, 0.3) is 0 Å². The molecular weight excluding hydrogens is 238 g/mol. The second-order valence-corrected chi connectivity index (χ2v) is 3.84. The van der Waals surface area contributed by atoms with Crippen LogP contribution in [0.4, 0.5) is 5.69 Å². The van der Waals surface area contributed by atoms with E-state index in [0.29, 0.717) is 5.75 Å². The third-order valence-corrected chi connectivity index (χ3v) is 2.65. The zero-order valence-corrected chi connectivity index (χ0v) is 10.1. The van der Waals surface area contributed by atoms with E-state index in [1.54, 1.807) is 0 Å². The van der Waals surface area contributed by atoms with Gasteiger partial charge in [0.2, 0.25) is 5.88 Å². The van der Waals surface area contributed by atoms with Gasteiger partial charge in [-0.2, -0.15) is 4.98 Å². The first kappa shape index (κ1) is 11.7. The fourth-order valence-corrected chi connectivity index (χ4v) is 1.47. The van der Waals surface area contributed by atoms with Gasteiger partial charge >= 0.3 is 0 Å². The third-order valence-electron chi connectivity index (χ3n) is 2.34. The first-order valence-corrected chi connectivity index (χ1v) is 5.61. The Morgan fingerprint density at radius 1 is 1.24 bits per heavy atom. The SMILES string of the molecule is CCc1ccc(Oc2ncnc(Cl)c2N)cc1. The van der Waals surface area contributed by atoms with E-state index < -0.39 is 0 Å². The lowest BCUT2D eigenvalue weighted by atomic mass is 10.2. The minimum absolute atomic E-state index is 0.195. The maximum atomic E-state index is 5.77. The predicted molar refractivity (Wildman–Crippen MR) is 67.3 cm³/mol. The van der Waals surface area contributed by atoms with Crippen LogP contribution in [-0.4, -0.2) is 9.97 Å². The molecule has 17 heavy (non-hydrogen) atoms. The first-order chi connectivity index (χ1) is 8.20. The van der Waals surface area contributed by atoms with Crippen LogP contribution in [0.1, 0.15) is 12.5 Å². The highest BCUT2D eigenvalue weighted by Crippen LogP contribution is 2.28. The number of halogens is 1. The van der Waals surface area contributed by atoms with Crippen molar-refractivity contribution in [2.75, 3.05) is 5.73 Å². The van der Waals surface area contributed by atoms with Crippen LogP contribution in [0.3, 0.4) is 0 Å². The standard InChI is InChI=1S/C12H12ClN3O/c1-2-8-3-5-9(6-4-8)17-12-10(14)11(13)15-7-16-12/h3-7H,2,14H2,1H3. The topological polar surface area (TPSA) is 61.0 Å². The van der Waals surface area contributed by atoms with E-state index in [0.717, 1.165) is 6.42 Å².